The summed E-state index contributed by atoms with van der Waals surface area (Å²) in [5.74, 6) is -0.459. The van der Waals surface area contributed by atoms with Gasteiger partial charge in [0.15, 0.2) is 9.84 Å². The van der Waals surface area contributed by atoms with Crippen molar-refractivity contribution in [3.8, 4) is 0 Å². The molecule has 0 spiro atoms. The number of hydrogen-bond acceptors (Lipinski definition) is 4. The van der Waals surface area contributed by atoms with Gasteiger partial charge in [0, 0.05) is 20.3 Å². The van der Waals surface area contributed by atoms with E-state index in [1.807, 2.05) is 0 Å². The van der Waals surface area contributed by atoms with Crippen LogP contribution in [-0.4, -0.2) is 44.6 Å². The lowest BCUT2D eigenvalue weighted by Gasteiger charge is -2.30. The van der Waals surface area contributed by atoms with E-state index in [9.17, 15) is 13.2 Å². The predicted octanol–water partition coefficient (Wildman–Crippen LogP) is 0.105. The number of ether oxygens (including phenoxy) is 1. The van der Waals surface area contributed by atoms with Gasteiger partial charge in [-0.2, -0.15) is 0 Å². The first-order valence-electron chi connectivity index (χ1n) is 5.37. The Labute approximate surface area is 96.5 Å². The van der Waals surface area contributed by atoms with Crippen LogP contribution in [-0.2, 0) is 19.4 Å². The zero-order chi connectivity index (χ0) is 12.4. The lowest BCUT2D eigenvalue weighted by Crippen LogP contribution is -2.51. The standard InChI is InChI=1S/C10H19NO4S/c1-10(2,9(12)11-3)16(13,14)8-4-6-15-7-5-8/h8H,4-7H2,1-3H3,(H,11,12). The molecule has 1 heterocycles. The maximum atomic E-state index is 12.3. The number of nitrogens with one attached hydrogen (secondary N) is 1. The molecule has 5 nitrogen and oxygen atoms in total. The average Bonchev–Trinajstić information content (AvgIpc) is 2.28. The maximum absolute atomic E-state index is 12.3. The maximum Gasteiger partial charge on any atom is 0.240 e. The fourth-order valence-corrected chi connectivity index (χ4v) is 3.84. The topological polar surface area (TPSA) is 72.5 Å². The Morgan fingerprint density at radius 1 is 1.31 bits per heavy atom. The molecule has 1 aliphatic heterocycles. The van der Waals surface area contributed by atoms with Crippen LogP contribution in [0.2, 0.25) is 0 Å². The van der Waals surface area contributed by atoms with E-state index in [4.69, 9.17) is 4.74 Å². The average molecular weight is 249 g/mol. The van der Waals surface area contributed by atoms with Crippen LogP contribution >= 0.6 is 0 Å². The van der Waals surface area contributed by atoms with Crippen LogP contribution < -0.4 is 5.32 Å². The molecule has 6 heteroatoms. The fourth-order valence-electron chi connectivity index (χ4n) is 1.83. The third-order valence-corrected chi connectivity index (χ3v) is 6.05. The van der Waals surface area contributed by atoms with Crippen LogP contribution in [0, 0.1) is 0 Å². The molecule has 1 rings (SSSR count). The number of rotatable bonds is 3. The molecule has 0 unspecified atom stereocenters. The lowest BCUT2D eigenvalue weighted by atomic mass is 10.2. The molecule has 0 aliphatic carbocycles. The summed E-state index contributed by atoms with van der Waals surface area (Å²) >= 11 is 0. The molecule has 1 N–H and O–H groups in total. The Hall–Kier alpha value is -0.620. The number of carbonyl (C=O) groups is 1. The minimum atomic E-state index is -3.46. The highest BCUT2D eigenvalue weighted by Crippen LogP contribution is 2.27. The Morgan fingerprint density at radius 2 is 1.81 bits per heavy atom. The second-order valence-corrected chi connectivity index (χ2v) is 7.22. The van der Waals surface area contributed by atoms with Crippen LogP contribution in [0.1, 0.15) is 26.7 Å². The minimum Gasteiger partial charge on any atom is -0.381 e. The molecular weight excluding hydrogens is 230 g/mol. The zero-order valence-electron chi connectivity index (χ0n) is 9.95. The number of amides is 1. The molecule has 0 aromatic rings. The first-order chi connectivity index (χ1) is 7.34. The molecule has 0 aromatic carbocycles. The van der Waals surface area contributed by atoms with Crippen LogP contribution in [0.4, 0.5) is 0 Å². The number of sulfone groups is 1. The highest BCUT2D eigenvalue weighted by molar-refractivity contribution is 7.94. The van der Waals surface area contributed by atoms with Gasteiger partial charge >= 0.3 is 0 Å². The first kappa shape index (κ1) is 13.4. The van der Waals surface area contributed by atoms with E-state index in [2.05, 4.69) is 5.32 Å². The lowest BCUT2D eigenvalue weighted by molar-refractivity contribution is -0.122. The SMILES string of the molecule is CNC(=O)C(C)(C)S(=O)(=O)C1CCOCC1. The molecule has 0 aromatic heterocycles. The van der Waals surface area contributed by atoms with Crippen LogP contribution in [0.3, 0.4) is 0 Å². The largest absolute Gasteiger partial charge is 0.381 e. The molecule has 16 heavy (non-hydrogen) atoms. The third-order valence-electron chi connectivity index (χ3n) is 3.09. The van der Waals surface area contributed by atoms with Gasteiger partial charge in [-0.1, -0.05) is 0 Å². The van der Waals surface area contributed by atoms with Gasteiger partial charge in [0.05, 0.1) is 5.25 Å². The summed E-state index contributed by atoms with van der Waals surface area (Å²) in [5.41, 5.74) is 0. The van der Waals surface area contributed by atoms with Gasteiger partial charge in [0.1, 0.15) is 4.75 Å². The van der Waals surface area contributed by atoms with Gasteiger partial charge < -0.3 is 10.1 Å². The Morgan fingerprint density at radius 3 is 2.25 bits per heavy atom. The molecule has 0 radical (unpaired) electrons. The zero-order valence-corrected chi connectivity index (χ0v) is 10.8. The highest BCUT2D eigenvalue weighted by atomic mass is 32.2. The van der Waals surface area contributed by atoms with E-state index in [0.29, 0.717) is 26.1 Å². The van der Waals surface area contributed by atoms with E-state index in [-0.39, 0.29) is 0 Å². The molecule has 1 fully saturated rings. The highest BCUT2D eigenvalue weighted by Gasteiger charge is 2.46. The Balaban J connectivity index is 2.95. The van der Waals surface area contributed by atoms with Crippen LogP contribution in [0.15, 0.2) is 0 Å². The Kier molecular flexibility index (Phi) is 3.96. The Bertz CT molecular complexity index is 355. The van der Waals surface area contributed by atoms with E-state index in [1.165, 1.54) is 20.9 Å². The van der Waals surface area contributed by atoms with Gasteiger partial charge in [-0.25, -0.2) is 8.42 Å². The fraction of sp³-hybridized carbons (Fsp3) is 0.900. The van der Waals surface area contributed by atoms with Crippen molar-refractivity contribution in [1.29, 1.82) is 0 Å². The van der Waals surface area contributed by atoms with Crippen LogP contribution in [0.5, 0.6) is 0 Å². The molecule has 94 valence electrons. The van der Waals surface area contributed by atoms with Crippen molar-refractivity contribution in [2.75, 3.05) is 20.3 Å². The van der Waals surface area contributed by atoms with Crippen molar-refractivity contribution in [3.05, 3.63) is 0 Å². The van der Waals surface area contributed by atoms with E-state index in [1.54, 1.807) is 0 Å². The quantitative estimate of drug-likeness (QED) is 0.770. The molecule has 1 saturated heterocycles. The number of hydrogen-bond donors (Lipinski definition) is 1. The molecule has 0 saturated carbocycles. The predicted molar refractivity (Wildman–Crippen MR) is 60.9 cm³/mol. The number of carbonyl (C=O) groups excluding carboxylic acids is 1. The van der Waals surface area contributed by atoms with Crippen molar-refractivity contribution >= 4 is 15.7 Å². The van der Waals surface area contributed by atoms with E-state index in [0.717, 1.165) is 0 Å². The second-order valence-electron chi connectivity index (χ2n) is 4.45. The molecule has 1 amide bonds. The van der Waals surface area contributed by atoms with Crippen molar-refractivity contribution in [2.24, 2.45) is 0 Å². The molecular formula is C10H19NO4S. The monoisotopic (exact) mass is 249 g/mol. The van der Waals surface area contributed by atoms with Gasteiger partial charge in [-0.15, -0.1) is 0 Å². The van der Waals surface area contributed by atoms with Gasteiger partial charge in [-0.05, 0) is 26.7 Å². The van der Waals surface area contributed by atoms with E-state index >= 15 is 0 Å². The smallest absolute Gasteiger partial charge is 0.240 e. The van der Waals surface area contributed by atoms with Crippen molar-refractivity contribution < 1.29 is 17.9 Å². The normalized spacial score (nSPS) is 19.4. The molecule has 0 atom stereocenters. The van der Waals surface area contributed by atoms with Gasteiger partial charge in [0.25, 0.3) is 0 Å². The van der Waals surface area contributed by atoms with Crippen molar-refractivity contribution in [1.82, 2.24) is 5.32 Å². The third kappa shape index (κ3) is 2.22. The second kappa shape index (κ2) is 4.71. The summed E-state index contributed by atoms with van der Waals surface area (Å²) in [6.07, 6.45) is 0.950. The first-order valence-corrected chi connectivity index (χ1v) is 6.92. The summed E-state index contributed by atoms with van der Waals surface area (Å²) < 4.78 is 28.3. The molecule has 1 aliphatic rings. The van der Waals surface area contributed by atoms with Crippen molar-refractivity contribution in [2.45, 2.75) is 36.7 Å². The summed E-state index contributed by atoms with van der Waals surface area (Å²) in [5, 5.41) is 1.94. The molecule has 0 bridgehead atoms. The summed E-state index contributed by atoms with van der Waals surface area (Å²) in [6.45, 7) is 3.81. The van der Waals surface area contributed by atoms with E-state index < -0.39 is 25.7 Å². The summed E-state index contributed by atoms with van der Waals surface area (Å²) in [6, 6.07) is 0. The summed E-state index contributed by atoms with van der Waals surface area (Å²) in [7, 11) is -2.02. The van der Waals surface area contributed by atoms with Crippen molar-refractivity contribution in [3.63, 3.8) is 0 Å². The summed E-state index contributed by atoms with van der Waals surface area (Å²) in [4.78, 5) is 11.6. The van der Waals surface area contributed by atoms with Gasteiger partial charge in [-0.3, -0.25) is 4.79 Å². The van der Waals surface area contributed by atoms with Crippen LogP contribution in [0.25, 0.3) is 0 Å². The minimum absolute atomic E-state index is 0.452. The van der Waals surface area contributed by atoms with Gasteiger partial charge in [0.2, 0.25) is 5.91 Å².